The van der Waals surface area contributed by atoms with Crippen molar-refractivity contribution in [2.45, 2.75) is 18.4 Å². The Morgan fingerprint density at radius 3 is 2.85 bits per heavy atom. The number of nitrogens with two attached hydrogens (primary N) is 2. The molecule has 0 spiro atoms. The minimum Gasteiger partial charge on any atom is -0.440 e. The summed E-state index contributed by atoms with van der Waals surface area (Å²) in [6, 6.07) is 7.24. The van der Waals surface area contributed by atoms with Gasteiger partial charge in [-0.2, -0.15) is 0 Å². The van der Waals surface area contributed by atoms with Gasteiger partial charge in [0, 0.05) is 23.6 Å². The molecule has 2 heterocycles. The third-order valence-electron chi connectivity index (χ3n) is 4.42. The number of thiazole rings is 1. The van der Waals surface area contributed by atoms with Gasteiger partial charge in [-0.05, 0) is 12.0 Å². The highest BCUT2D eigenvalue weighted by atomic mass is 32.1. The fourth-order valence-corrected chi connectivity index (χ4v) is 3.81. The molecule has 9 heteroatoms. The highest BCUT2D eigenvalue weighted by Gasteiger charge is 2.48. The van der Waals surface area contributed by atoms with E-state index >= 15 is 0 Å². The lowest BCUT2D eigenvalue weighted by Crippen LogP contribution is -2.43. The Morgan fingerprint density at radius 1 is 1.31 bits per heavy atom. The van der Waals surface area contributed by atoms with Gasteiger partial charge in [0.05, 0.1) is 0 Å². The molecule has 0 saturated heterocycles. The molecule has 1 amide bonds. The van der Waals surface area contributed by atoms with Crippen molar-refractivity contribution in [3.8, 4) is 10.7 Å². The number of aromatic nitrogens is 2. The zero-order chi connectivity index (χ0) is 18.3. The molecule has 8 nitrogen and oxygen atoms in total. The van der Waals surface area contributed by atoms with Gasteiger partial charge in [0.1, 0.15) is 5.01 Å². The van der Waals surface area contributed by atoms with Crippen molar-refractivity contribution in [3.05, 3.63) is 52.5 Å². The van der Waals surface area contributed by atoms with Crippen LogP contribution < -0.4 is 11.5 Å². The van der Waals surface area contributed by atoms with E-state index in [1.54, 1.807) is 23.7 Å². The van der Waals surface area contributed by atoms with Gasteiger partial charge in [-0.1, -0.05) is 29.4 Å². The number of ether oxygens (including phenoxy) is 1. The predicted octanol–water partition coefficient (Wildman–Crippen LogP) is 1.86. The summed E-state index contributed by atoms with van der Waals surface area (Å²) >= 11 is 1.27. The number of carbonyl (C=O) groups excluding carboxylic acids is 2. The van der Waals surface area contributed by atoms with Crippen LogP contribution in [0.1, 0.15) is 27.9 Å². The van der Waals surface area contributed by atoms with E-state index in [9.17, 15) is 9.59 Å². The van der Waals surface area contributed by atoms with E-state index in [0.717, 1.165) is 5.56 Å². The molecule has 26 heavy (non-hydrogen) atoms. The monoisotopic (exact) mass is 370 g/mol. The molecule has 0 fully saturated rings. The van der Waals surface area contributed by atoms with E-state index in [-0.39, 0.29) is 23.6 Å². The summed E-state index contributed by atoms with van der Waals surface area (Å²) < 4.78 is 10.6. The molecule has 0 bridgehead atoms. The maximum atomic E-state index is 12.9. The lowest BCUT2D eigenvalue weighted by molar-refractivity contribution is -0.138. The Bertz CT molecular complexity index is 998. The van der Waals surface area contributed by atoms with Gasteiger partial charge >= 0.3 is 5.97 Å². The first-order valence-corrected chi connectivity index (χ1v) is 8.67. The first-order valence-electron chi connectivity index (χ1n) is 7.79. The maximum absolute atomic E-state index is 12.9. The zero-order valence-corrected chi connectivity index (χ0v) is 14.3. The molecule has 1 unspecified atom stereocenters. The van der Waals surface area contributed by atoms with Crippen LogP contribution in [0.5, 0.6) is 0 Å². The molecule has 4 N–H and O–H groups in total. The van der Waals surface area contributed by atoms with Crippen LogP contribution in [0.15, 0.2) is 40.4 Å². The van der Waals surface area contributed by atoms with Crippen LogP contribution in [-0.2, 0) is 21.6 Å². The first kappa shape index (κ1) is 16.3. The number of hydrogen-bond acceptors (Lipinski definition) is 8. The summed E-state index contributed by atoms with van der Waals surface area (Å²) in [5.74, 6) is -1.77. The summed E-state index contributed by atoms with van der Waals surface area (Å²) in [4.78, 5) is 29.2. The second kappa shape index (κ2) is 5.95. The normalized spacial score (nSPS) is 18.5. The molecule has 1 atom stereocenters. The number of nitrogens with zero attached hydrogens (tertiary/aromatic N) is 2. The highest BCUT2D eigenvalue weighted by molar-refractivity contribution is 7.13. The minimum absolute atomic E-state index is 0.0649. The van der Waals surface area contributed by atoms with Gasteiger partial charge in [0.15, 0.2) is 11.3 Å². The topological polar surface area (TPSA) is 134 Å². The van der Waals surface area contributed by atoms with Crippen molar-refractivity contribution in [2.75, 3.05) is 5.73 Å². The largest absolute Gasteiger partial charge is 0.440 e. The van der Waals surface area contributed by atoms with Gasteiger partial charge in [0.2, 0.25) is 11.5 Å². The molecule has 2 aromatic heterocycles. The van der Waals surface area contributed by atoms with Gasteiger partial charge < -0.3 is 20.7 Å². The van der Waals surface area contributed by atoms with Crippen LogP contribution in [0, 0.1) is 0 Å². The van der Waals surface area contributed by atoms with Crippen LogP contribution in [0.2, 0.25) is 0 Å². The van der Waals surface area contributed by atoms with Crippen LogP contribution in [0.25, 0.3) is 10.7 Å². The summed E-state index contributed by atoms with van der Waals surface area (Å²) in [5, 5.41) is 5.98. The average Bonchev–Trinajstić information content (AvgIpc) is 3.34. The summed E-state index contributed by atoms with van der Waals surface area (Å²) in [6.45, 7) is 0. The minimum atomic E-state index is -1.54. The smallest absolute Gasteiger partial charge is 0.347 e. The third kappa shape index (κ3) is 2.36. The second-order valence-electron chi connectivity index (χ2n) is 5.85. The zero-order valence-electron chi connectivity index (χ0n) is 13.5. The molecule has 1 aliphatic carbocycles. The number of primary amides is 1. The lowest BCUT2D eigenvalue weighted by Gasteiger charge is -2.26. The fraction of sp³-hybridized carbons (Fsp3) is 0.176. The van der Waals surface area contributed by atoms with Crippen molar-refractivity contribution < 1.29 is 18.8 Å². The number of aryl methyl sites for hydroxylation is 1. The maximum Gasteiger partial charge on any atom is 0.347 e. The van der Waals surface area contributed by atoms with E-state index in [4.69, 9.17) is 20.7 Å². The number of fused-ring (bicyclic) bond motifs is 1. The van der Waals surface area contributed by atoms with Crippen molar-refractivity contribution in [1.82, 2.24) is 10.1 Å². The number of nitrogen functional groups attached to an aromatic ring is 1. The molecule has 0 saturated carbocycles. The molecular weight excluding hydrogens is 356 g/mol. The quantitative estimate of drug-likeness (QED) is 0.669. The van der Waals surface area contributed by atoms with Crippen molar-refractivity contribution in [1.29, 1.82) is 0 Å². The number of carbonyl (C=O) groups is 2. The average molecular weight is 370 g/mol. The van der Waals surface area contributed by atoms with Crippen molar-refractivity contribution in [3.63, 3.8) is 0 Å². The molecule has 0 aliphatic heterocycles. The lowest BCUT2D eigenvalue weighted by atomic mass is 9.94. The highest BCUT2D eigenvalue weighted by Crippen LogP contribution is 2.41. The predicted molar refractivity (Wildman–Crippen MR) is 93.1 cm³/mol. The number of amides is 1. The first-order chi connectivity index (χ1) is 12.5. The number of anilines is 1. The fourth-order valence-electron chi connectivity index (χ4n) is 3.19. The Kier molecular flexibility index (Phi) is 3.73. The molecule has 0 radical (unpaired) electrons. The summed E-state index contributed by atoms with van der Waals surface area (Å²) in [5.41, 5.74) is 11.5. The van der Waals surface area contributed by atoms with E-state index in [2.05, 4.69) is 10.1 Å². The number of benzene rings is 1. The number of hydrogen-bond donors (Lipinski definition) is 2. The number of rotatable bonds is 4. The van der Waals surface area contributed by atoms with Crippen molar-refractivity contribution >= 4 is 29.1 Å². The Hall–Kier alpha value is -3.20. The molecule has 3 aromatic rings. The molecule has 4 rings (SSSR count). The summed E-state index contributed by atoms with van der Waals surface area (Å²) in [7, 11) is 0. The molecule has 1 aromatic carbocycles. The SMILES string of the molecule is NC(=O)C1(OC(=O)c2c(-c3nccs3)noc2N)CCc2ccccc21. The van der Waals surface area contributed by atoms with Crippen LogP contribution >= 0.6 is 11.3 Å². The second-order valence-corrected chi connectivity index (χ2v) is 6.74. The standard InChI is InChI=1S/C17H14N4O4S/c18-13-11(12(21-25-13)14-20-7-8-26-14)15(22)24-17(16(19)23)6-5-9-3-1-2-4-10(9)17/h1-4,7-8H,5-6,18H2,(H2,19,23). The van der Waals surface area contributed by atoms with Gasteiger partial charge in [-0.3, -0.25) is 4.79 Å². The Labute approximate surface area is 151 Å². The molecular formula is C17H14N4O4S. The molecule has 1 aliphatic rings. The van der Waals surface area contributed by atoms with Gasteiger partial charge in [-0.25, -0.2) is 9.78 Å². The van der Waals surface area contributed by atoms with Crippen LogP contribution in [-0.4, -0.2) is 22.0 Å². The van der Waals surface area contributed by atoms with E-state index in [1.165, 1.54) is 11.3 Å². The Balaban J connectivity index is 1.75. The van der Waals surface area contributed by atoms with Gasteiger partial charge in [0.25, 0.3) is 5.91 Å². The van der Waals surface area contributed by atoms with Crippen LogP contribution in [0.4, 0.5) is 5.88 Å². The number of esters is 1. The third-order valence-corrected chi connectivity index (χ3v) is 5.20. The molecule has 132 valence electrons. The van der Waals surface area contributed by atoms with E-state index < -0.39 is 17.5 Å². The summed E-state index contributed by atoms with van der Waals surface area (Å²) in [6.07, 6.45) is 2.41. The van der Waals surface area contributed by atoms with E-state index in [1.807, 2.05) is 12.1 Å². The van der Waals surface area contributed by atoms with Crippen LogP contribution in [0.3, 0.4) is 0 Å². The Morgan fingerprint density at radius 2 is 2.12 bits per heavy atom. The van der Waals surface area contributed by atoms with Crippen molar-refractivity contribution in [2.24, 2.45) is 5.73 Å². The van der Waals surface area contributed by atoms with Gasteiger partial charge in [-0.15, -0.1) is 11.3 Å². The van der Waals surface area contributed by atoms with E-state index in [0.29, 0.717) is 17.0 Å².